The lowest BCUT2D eigenvalue weighted by Crippen LogP contribution is -2.55. The van der Waals surface area contributed by atoms with Crippen molar-refractivity contribution in [3.63, 3.8) is 0 Å². The second-order valence-electron chi connectivity index (χ2n) is 2.86. The smallest absolute Gasteiger partial charge is 0.153 e. The molecule has 5 nitrogen and oxygen atoms in total. The van der Waals surface area contributed by atoms with Gasteiger partial charge in [-0.1, -0.05) is 0 Å². The maximum absolute atomic E-state index is 5.68. The van der Waals surface area contributed by atoms with Gasteiger partial charge in [-0.2, -0.15) is 0 Å². The first kappa shape index (κ1) is 7.45. The van der Waals surface area contributed by atoms with Crippen molar-refractivity contribution in [3.05, 3.63) is 12.3 Å². The molecule has 0 aromatic rings. The number of nitrogens with two attached hydrogens (primary N) is 2. The average molecular weight is 165 g/mol. The van der Waals surface area contributed by atoms with Gasteiger partial charge in [0.15, 0.2) is 6.29 Å². The Balaban J connectivity index is 2.28. The second kappa shape index (κ2) is 2.69. The van der Waals surface area contributed by atoms with Crippen molar-refractivity contribution in [1.82, 2.24) is 5.32 Å². The third kappa shape index (κ3) is 1.13. The lowest BCUT2D eigenvalue weighted by molar-refractivity contribution is 0.447. The summed E-state index contributed by atoms with van der Waals surface area (Å²) in [5.41, 5.74) is 11.3. The standard InChI is InChI=1S/C7H11N5/c8-6-4-3-10-2-1-5(4)11-7(9)12-6/h1-5,7,11H,9H2,(H2,8,12). The molecule has 5 N–H and O–H groups in total. The Labute approximate surface area is 70.2 Å². The van der Waals surface area contributed by atoms with E-state index in [1.807, 2.05) is 6.08 Å². The zero-order chi connectivity index (χ0) is 8.55. The topological polar surface area (TPSA) is 88.8 Å². The molecule has 2 heterocycles. The van der Waals surface area contributed by atoms with Gasteiger partial charge in [-0.3, -0.25) is 16.0 Å². The Morgan fingerprint density at radius 3 is 3.17 bits per heavy atom. The molecule has 0 radical (unpaired) electrons. The molecule has 0 saturated carbocycles. The van der Waals surface area contributed by atoms with E-state index >= 15 is 0 Å². The molecule has 0 aromatic heterocycles. The highest BCUT2D eigenvalue weighted by Gasteiger charge is 2.28. The van der Waals surface area contributed by atoms with Crippen LogP contribution in [0.3, 0.4) is 0 Å². The fourth-order valence-corrected chi connectivity index (χ4v) is 1.40. The zero-order valence-corrected chi connectivity index (χ0v) is 6.51. The van der Waals surface area contributed by atoms with Gasteiger partial charge in [-0.05, 0) is 6.08 Å². The number of hydrogen-bond acceptors (Lipinski definition) is 5. The van der Waals surface area contributed by atoms with Gasteiger partial charge in [0.2, 0.25) is 0 Å². The molecule has 0 aliphatic carbocycles. The second-order valence-corrected chi connectivity index (χ2v) is 2.86. The third-order valence-electron chi connectivity index (χ3n) is 2.01. The van der Waals surface area contributed by atoms with Crippen molar-refractivity contribution in [1.29, 1.82) is 0 Å². The monoisotopic (exact) mass is 165 g/mol. The van der Waals surface area contributed by atoms with Crippen LogP contribution in [0.1, 0.15) is 0 Å². The van der Waals surface area contributed by atoms with Crippen LogP contribution in [0.15, 0.2) is 22.3 Å². The number of aliphatic imine (C=N–C) groups is 2. The number of nitrogens with zero attached hydrogens (tertiary/aromatic N) is 2. The summed E-state index contributed by atoms with van der Waals surface area (Å²) in [6.07, 6.45) is 5.07. The van der Waals surface area contributed by atoms with Crippen LogP contribution in [0.5, 0.6) is 0 Å². The largest absolute Gasteiger partial charge is 0.387 e. The van der Waals surface area contributed by atoms with Crippen LogP contribution < -0.4 is 16.8 Å². The van der Waals surface area contributed by atoms with Crippen LogP contribution in [0, 0.1) is 5.92 Å². The molecular formula is C7H11N5. The normalized spacial score (nSPS) is 39.1. The Bertz CT molecular complexity index is 267. The van der Waals surface area contributed by atoms with Gasteiger partial charge in [0.25, 0.3) is 0 Å². The van der Waals surface area contributed by atoms with Crippen molar-refractivity contribution in [2.75, 3.05) is 0 Å². The summed E-state index contributed by atoms with van der Waals surface area (Å²) in [4.78, 5) is 7.99. The van der Waals surface area contributed by atoms with Gasteiger partial charge in [0, 0.05) is 18.5 Å². The molecule has 2 aliphatic heterocycles. The van der Waals surface area contributed by atoms with E-state index in [-0.39, 0.29) is 18.2 Å². The van der Waals surface area contributed by atoms with Gasteiger partial charge in [-0.25, -0.2) is 4.99 Å². The summed E-state index contributed by atoms with van der Waals surface area (Å²) in [5, 5.41) is 3.08. The SMILES string of the molecule is NC1=NC(N)NC2C=CN=CC12. The first-order valence-corrected chi connectivity index (χ1v) is 3.82. The molecule has 0 bridgehead atoms. The summed E-state index contributed by atoms with van der Waals surface area (Å²) in [7, 11) is 0. The first-order valence-electron chi connectivity index (χ1n) is 3.82. The molecule has 2 rings (SSSR count). The molecule has 64 valence electrons. The van der Waals surface area contributed by atoms with E-state index in [2.05, 4.69) is 15.3 Å². The number of hydrogen-bond donors (Lipinski definition) is 3. The van der Waals surface area contributed by atoms with Crippen LogP contribution >= 0.6 is 0 Å². The highest BCUT2D eigenvalue weighted by molar-refractivity contribution is 5.98. The lowest BCUT2D eigenvalue weighted by atomic mass is 9.97. The molecule has 12 heavy (non-hydrogen) atoms. The van der Waals surface area contributed by atoms with E-state index in [1.54, 1.807) is 12.4 Å². The number of fused-ring (bicyclic) bond motifs is 1. The molecule has 0 fully saturated rings. The minimum absolute atomic E-state index is 0.0646. The summed E-state index contributed by atoms with van der Waals surface area (Å²) >= 11 is 0. The molecular weight excluding hydrogens is 154 g/mol. The number of amidine groups is 1. The van der Waals surface area contributed by atoms with Gasteiger partial charge in [0.1, 0.15) is 5.84 Å². The van der Waals surface area contributed by atoms with Crippen molar-refractivity contribution >= 4 is 12.1 Å². The Hall–Kier alpha value is -1.20. The molecule has 5 heteroatoms. The molecule has 0 aromatic carbocycles. The quantitative estimate of drug-likeness (QED) is 0.420. The number of nitrogens with one attached hydrogen (secondary N) is 1. The van der Waals surface area contributed by atoms with Gasteiger partial charge in [0.05, 0.1) is 5.92 Å². The first-order chi connectivity index (χ1) is 5.77. The Morgan fingerprint density at radius 1 is 1.50 bits per heavy atom. The van der Waals surface area contributed by atoms with E-state index in [4.69, 9.17) is 11.5 Å². The molecule has 2 aliphatic rings. The zero-order valence-electron chi connectivity index (χ0n) is 6.51. The summed E-state index contributed by atoms with van der Waals surface area (Å²) in [6, 6.07) is 0.148. The highest BCUT2D eigenvalue weighted by Crippen LogP contribution is 2.12. The number of rotatable bonds is 0. The van der Waals surface area contributed by atoms with Crippen molar-refractivity contribution in [2.24, 2.45) is 27.4 Å². The highest BCUT2D eigenvalue weighted by atomic mass is 15.2. The predicted molar refractivity (Wildman–Crippen MR) is 47.6 cm³/mol. The summed E-state index contributed by atoms with van der Waals surface area (Å²) < 4.78 is 0. The van der Waals surface area contributed by atoms with Gasteiger partial charge < -0.3 is 5.73 Å². The van der Waals surface area contributed by atoms with Crippen LogP contribution in [0.4, 0.5) is 0 Å². The van der Waals surface area contributed by atoms with Gasteiger partial charge in [-0.15, -0.1) is 0 Å². The minimum atomic E-state index is -0.387. The van der Waals surface area contributed by atoms with Crippen LogP contribution in [-0.4, -0.2) is 24.4 Å². The van der Waals surface area contributed by atoms with E-state index in [1.165, 1.54) is 0 Å². The van der Waals surface area contributed by atoms with Gasteiger partial charge >= 0.3 is 0 Å². The minimum Gasteiger partial charge on any atom is -0.387 e. The van der Waals surface area contributed by atoms with Crippen LogP contribution in [0.25, 0.3) is 0 Å². The van der Waals surface area contributed by atoms with Crippen LogP contribution in [-0.2, 0) is 0 Å². The van der Waals surface area contributed by atoms with Crippen molar-refractivity contribution in [3.8, 4) is 0 Å². The summed E-state index contributed by atoms with van der Waals surface area (Å²) in [6.45, 7) is 0. The maximum atomic E-state index is 5.68. The lowest BCUT2D eigenvalue weighted by Gasteiger charge is -2.30. The molecule has 0 saturated heterocycles. The van der Waals surface area contributed by atoms with E-state index in [0.29, 0.717) is 5.84 Å². The molecule has 0 spiro atoms. The fraction of sp³-hybridized carbons (Fsp3) is 0.429. The van der Waals surface area contributed by atoms with Crippen molar-refractivity contribution in [2.45, 2.75) is 12.3 Å². The van der Waals surface area contributed by atoms with Crippen molar-refractivity contribution < 1.29 is 0 Å². The Kier molecular flexibility index (Phi) is 1.67. The molecule has 3 unspecified atom stereocenters. The molecule has 3 atom stereocenters. The summed E-state index contributed by atoms with van der Waals surface area (Å²) in [5.74, 6) is 0.620. The fourth-order valence-electron chi connectivity index (χ4n) is 1.40. The van der Waals surface area contributed by atoms with E-state index in [9.17, 15) is 0 Å². The molecule has 0 amide bonds. The maximum Gasteiger partial charge on any atom is 0.153 e. The predicted octanol–water partition coefficient (Wildman–Crippen LogP) is -1.23. The van der Waals surface area contributed by atoms with Crippen LogP contribution in [0.2, 0.25) is 0 Å². The Morgan fingerprint density at radius 2 is 2.33 bits per heavy atom. The van der Waals surface area contributed by atoms with E-state index in [0.717, 1.165) is 0 Å². The van der Waals surface area contributed by atoms with E-state index < -0.39 is 0 Å². The average Bonchev–Trinajstić information content (AvgIpc) is 2.04. The third-order valence-corrected chi connectivity index (χ3v) is 2.01.